The average molecular weight is 284 g/mol. The molecule has 0 spiro atoms. The number of aromatic nitrogens is 4. The lowest BCUT2D eigenvalue weighted by Crippen LogP contribution is -2.25. The summed E-state index contributed by atoms with van der Waals surface area (Å²) in [4.78, 5) is 23.5. The van der Waals surface area contributed by atoms with Crippen LogP contribution in [0.1, 0.15) is 16.1 Å². The highest BCUT2D eigenvalue weighted by atomic mass is 16.4. The van der Waals surface area contributed by atoms with Crippen LogP contribution >= 0.6 is 0 Å². The van der Waals surface area contributed by atoms with E-state index in [0.29, 0.717) is 11.1 Å². The fourth-order valence-electron chi connectivity index (χ4n) is 2.21. The molecule has 2 aromatic heterocycles. The van der Waals surface area contributed by atoms with Crippen LogP contribution in [0.3, 0.4) is 0 Å². The van der Waals surface area contributed by atoms with Crippen molar-refractivity contribution in [1.82, 2.24) is 19.6 Å². The van der Waals surface area contributed by atoms with E-state index in [-0.39, 0.29) is 17.7 Å². The number of aryl methyl sites for hydroxylation is 1. The van der Waals surface area contributed by atoms with Crippen molar-refractivity contribution in [2.24, 2.45) is 7.05 Å². The lowest BCUT2D eigenvalue weighted by atomic mass is 10.2. The number of rotatable bonds is 3. The zero-order valence-electron chi connectivity index (χ0n) is 11.2. The second-order valence-corrected chi connectivity index (χ2v) is 4.63. The van der Waals surface area contributed by atoms with Gasteiger partial charge >= 0.3 is 5.97 Å². The minimum Gasteiger partial charge on any atom is -0.478 e. The first kappa shape index (κ1) is 13.0. The molecule has 3 aromatic rings. The summed E-state index contributed by atoms with van der Waals surface area (Å²) in [6, 6.07) is 7.14. The van der Waals surface area contributed by atoms with Crippen LogP contribution in [-0.4, -0.2) is 30.6 Å². The lowest BCUT2D eigenvalue weighted by Gasteiger charge is -2.07. The molecular formula is C14H12N4O3. The third kappa shape index (κ3) is 2.18. The number of carbonyl (C=O) groups is 1. The number of nitrogens with zero attached hydrogens (tertiary/aromatic N) is 4. The van der Waals surface area contributed by atoms with Crippen molar-refractivity contribution in [2.45, 2.75) is 6.54 Å². The van der Waals surface area contributed by atoms with Crippen LogP contribution in [0.15, 0.2) is 41.5 Å². The summed E-state index contributed by atoms with van der Waals surface area (Å²) >= 11 is 0. The van der Waals surface area contributed by atoms with Crippen LogP contribution in [-0.2, 0) is 13.6 Å². The van der Waals surface area contributed by atoms with Gasteiger partial charge in [0.1, 0.15) is 5.56 Å². The smallest absolute Gasteiger partial charge is 0.339 e. The molecule has 0 saturated heterocycles. The maximum absolute atomic E-state index is 12.4. The van der Waals surface area contributed by atoms with E-state index in [4.69, 9.17) is 5.11 Å². The molecule has 2 heterocycles. The van der Waals surface area contributed by atoms with E-state index >= 15 is 0 Å². The molecule has 0 bridgehead atoms. The molecule has 0 saturated carbocycles. The molecule has 1 N–H and O–H groups in total. The lowest BCUT2D eigenvalue weighted by molar-refractivity contribution is 0.0695. The van der Waals surface area contributed by atoms with Gasteiger partial charge < -0.3 is 5.11 Å². The Hall–Kier alpha value is -2.96. The van der Waals surface area contributed by atoms with Gasteiger partial charge in [-0.1, -0.05) is 18.2 Å². The van der Waals surface area contributed by atoms with Crippen molar-refractivity contribution in [3.63, 3.8) is 0 Å². The minimum absolute atomic E-state index is 0.0573. The topological polar surface area (TPSA) is 90.0 Å². The number of carboxylic acids is 1. The monoisotopic (exact) mass is 284 g/mol. The predicted octanol–water partition coefficient (Wildman–Crippen LogP) is 0.876. The zero-order valence-corrected chi connectivity index (χ0v) is 11.2. The fourth-order valence-corrected chi connectivity index (χ4v) is 2.21. The molecule has 0 aliphatic rings. The van der Waals surface area contributed by atoms with Gasteiger partial charge in [-0.2, -0.15) is 10.2 Å². The Balaban J connectivity index is 2.11. The van der Waals surface area contributed by atoms with Crippen LogP contribution in [0.2, 0.25) is 0 Å². The number of hydrogen-bond acceptors (Lipinski definition) is 4. The van der Waals surface area contributed by atoms with Crippen LogP contribution in [0.4, 0.5) is 0 Å². The van der Waals surface area contributed by atoms with Gasteiger partial charge in [0.15, 0.2) is 0 Å². The Labute approximate surface area is 119 Å². The molecule has 0 unspecified atom stereocenters. The Bertz CT molecular complexity index is 895. The molecule has 0 aliphatic carbocycles. The second kappa shape index (κ2) is 4.86. The molecule has 0 fully saturated rings. The molecule has 0 radical (unpaired) electrons. The first-order chi connectivity index (χ1) is 10.1. The summed E-state index contributed by atoms with van der Waals surface area (Å²) in [5, 5.41) is 18.4. The number of hydrogen-bond donors (Lipinski definition) is 1. The molecule has 3 rings (SSSR count). The van der Waals surface area contributed by atoms with Crippen LogP contribution in [0.5, 0.6) is 0 Å². The normalized spacial score (nSPS) is 10.9. The van der Waals surface area contributed by atoms with Crippen LogP contribution in [0, 0.1) is 0 Å². The highest BCUT2D eigenvalue weighted by Gasteiger charge is 2.16. The van der Waals surface area contributed by atoms with Gasteiger partial charge in [0.2, 0.25) is 0 Å². The molecule has 7 nitrogen and oxygen atoms in total. The van der Waals surface area contributed by atoms with Gasteiger partial charge in [0, 0.05) is 12.4 Å². The van der Waals surface area contributed by atoms with E-state index in [1.54, 1.807) is 31.4 Å². The number of fused-ring (bicyclic) bond motifs is 1. The van der Waals surface area contributed by atoms with E-state index < -0.39 is 5.97 Å². The van der Waals surface area contributed by atoms with Crippen molar-refractivity contribution < 1.29 is 9.90 Å². The molecule has 7 heteroatoms. The maximum atomic E-state index is 12.4. The number of benzene rings is 1. The number of carboxylic acid groups (broad SMARTS) is 1. The summed E-state index contributed by atoms with van der Waals surface area (Å²) in [5.41, 5.74) is 0.234. The van der Waals surface area contributed by atoms with Gasteiger partial charge in [0.05, 0.1) is 30.0 Å². The summed E-state index contributed by atoms with van der Waals surface area (Å²) in [6.07, 6.45) is 2.86. The summed E-state index contributed by atoms with van der Waals surface area (Å²) < 4.78 is 2.68. The highest BCUT2D eigenvalue weighted by molar-refractivity contribution is 5.88. The van der Waals surface area contributed by atoms with Crippen LogP contribution < -0.4 is 5.56 Å². The van der Waals surface area contributed by atoms with Crippen molar-refractivity contribution in [3.05, 3.63) is 58.3 Å². The van der Waals surface area contributed by atoms with E-state index in [9.17, 15) is 9.59 Å². The van der Waals surface area contributed by atoms with Gasteiger partial charge in [-0.3, -0.25) is 9.48 Å². The molecule has 21 heavy (non-hydrogen) atoms. The van der Waals surface area contributed by atoms with Crippen molar-refractivity contribution in [2.75, 3.05) is 0 Å². The number of aromatic carboxylic acids is 1. The molecule has 0 aliphatic heterocycles. The molecular weight excluding hydrogens is 272 g/mol. The SMILES string of the molecule is Cn1ncc(C(=O)O)c1Cn1ncc2ccccc2c1=O. The Morgan fingerprint density at radius 1 is 1.24 bits per heavy atom. The van der Waals surface area contributed by atoms with Crippen molar-refractivity contribution in [1.29, 1.82) is 0 Å². The molecule has 0 amide bonds. The first-order valence-electron chi connectivity index (χ1n) is 6.27. The Kier molecular flexibility index (Phi) is 3.02. The average Bonchev–Trinajstić information content (AvgIpc) is 2.84. The van der Waals surface area contributed by atoms with Crippen LogP contribution in [0.25, 0.3) is 10.8 Å². The van der Waals surface area contributed by atoms with Gasteiger partial charge in [-0.25, -0.2) is 9.48 Å². The van der Waals surface area contributed by atoms with Crippen molar-refractivity contribution in [3.8, 4) is 0 Å². The van der Waals surface area contributed by atoms with Crippen molar-refractivity contribution >= 4 is 16.7 Å². The van der Waals surface area contributed by atoms with Gasteiger partial charge in [-0.15, -0.1) is 0 Å². The van der Waals surface area contributed by atoms with E-state index in [1.165, 1.54) is 15.6 Å². The Morgan fingerprint density at radius 3 is 2.76 bits per heavy atom. The third-order valence-electron chi connectivity index (χ3n) is 3.35. The summed E-state index contributed by atoms with van der Waals surface area (Å²) in [6.45, 7) is 0.0573. The molecule has 1 aromatic carbocycles. The van der Waals surface area contributed by atoms with E-state index in [0.717, 1.165) is 5.39 Å². The van der Waals surface area contributed by atoms with E-state index in [2.05, 4.69) is 10.2 Å². The molecule has 0 atom stereocenters. The quantitative estimate of drug-likeness (QED) is 0.771. The largest absolute Gasteiger partial charge is 0.478 e. The third-order valence-corrected chi connectivity index (χ3v) is 3.35. The zero-order chi connectivity index (χ0) is 15.0. The standard InChI is InChI=1S/C14H12N4O3/c1-17-12(11(7-15-17)14(20)21)8-18-13(19)10-5-3-2-4-9(10)6-16-18/h2-7H,8H2,1H3,(H,20,21). The minimum atomic E-state index is -1.08. The molecule has 106 valence electrons. The second-order valence-electron chi connectivity index (χ2n) is 4.63. The van der Waals surface area contributed by atoms with E-state index in [1.807, 2.05) is 6.07 Å². The maximum Gasteiger partial charge on any atom is 0.339 e. The predicted molar refractivity (Wildman–Crippen MR) is 75.3 cm³/mol. The fraction of sp³-hybridized carbons (Fsp3) is 0.143. The van der Waals surface area contributed by atoms with Gasteiger partial charge in [-0.05, 0) is 6.07 Å². The summed E-state index contributed by atoms with van der Waals surface area (Å²) in [7, 11) is 1.63. The highest BCUT2D eigenvalue weighted by Crippen LogP contribution is 2.10. The summed E-state index contributed by atoms with van der Waals surface area (Å²) in [5.74, 6) is -1.08. The Morgan fingerprint density at radius 2 is 2.00 bits per heavy atom. The van der Waals surface area contributed by atoms with Gasteiger partial charge in [0.25, 0.3) is 5.56 Å². The first-order valence-corrected chi connectivity index (χ1v) is 6.27.